The van der Waals surface area contributed by atoms with Crippen LogP contribution in [-0.4, -0.2) is 5.43 Å². The van der Waals surface area contributed by atoms with Crippen LogP contribution in [-0.2, 0) is 37.6 Å². The Kier molecular flexibility index (Phi) is 7.39. The van der Waals surface area contributed by atoms with Crippen molar-refractivity contribution in [2.45, 2.75) is 65.2 Å². The maximum atomic E-state index is 2.51. The number of fused-ring (bicyclic) bond motifs is 3. The average Bonchev–Trinajstić information content (AvgIpc) is 3.59. The molecule has 2 heteroatoms. The summed E-state index contributed by atoms with van der Waals surface area (Å²) in [6.07, 6.45) is 9.43. The standard InChI is InChI=1S/C21H25.C12H10Si.C5H5.Zr/c1-20(2,3)16-7-9-18-14(12-16)11-15-13-17(21(4,5)6)8-10-19(15)18;1-3-7-11(8-4-1)13-12-9-5-2-6-10-12;1-2-4-5-3-1;/h7-10,12H,11H2,1-6H3;1-10H;1-3H,4H2;. The van der Waals surface area contributed by atoms with E-state index in [1.165, 1.54) is 22.3 Å². The molecule has 0 unspecified atom stereocenters. The minimum atomic E-state index is -2.52. The van der Waals surface area contributed by atoms with Crippen LogP contribution in [0.1, 0.15) is 70.2 Å². The Morgan fingerprint density at radius 1 is 0.675 bits per heavy atom. The van der Waals surface area contributed by atoms with E-state index in [9.17, 15) is 0 Å². The number of hydrogen-bond acceptors (Lipinski definition) is 0. The molecule has 2 aliphatic carbocycles. The van der Waals surface area contributed by atoms with Gasteiger partial charge >= 0.3 is 251 Å². The van der Waals surface area contributed by atoms with Crippen molar-refractivity contribution in [3.8, 4) is 11.1 Å². The van der Waals surface area contributed by atoms with E-state index in [4.69, 9.17) is 0 Å². The topological polar surface area (TPSA) is 0 Å². The first kappa shape index (κ1) is 27.6. The van der Waals surface area contributed by atoms with Gasteiger partial charge in [0.05, 0.1) is 0 Å². The Morgan fingerprint density at radius 3 is 1.85 bits per heavy atom. The number of allylic oxidation sites excluding steroid dienone is 4. The normalized spacial score (nSPS) is 14.1. The summed E-state index contributed by atoms with van der Waals surface area (Å²) in [7, 11) is 0. The molecule has 0 heterocycles. The maximum absolute atomic E-state index is 2.52. The van der Waals surface area contributed by atoms with Crippen LogP contribution in [0.2, 0.25) is 0 Å². The second kappa shape index (κ2) is 10.7. The van der Waals surface area contributed by atoms with Gasteiger partial charge in [0.25, 0.3) is 0 Å². The third-order valence-electron chi connectivity index (χ3n) is 8.47. The van der Waals surface area contributed by atoms with Crippen LogP contribution in [0.4, 0.5) is 0 Å². The van der Waals surface area contributed by atoms with Gasteiger partial charge in [-0.05, 0) is 0 Å². The summed E-state index contributed by atoms with van der Waals surface area (Å²) in [6, 6.07) is 35.4. The molecular formula is C38H40SiZr. The van der Waals surface area contributed by atoms with Crippen molar-refractivity contribution in [3.05, 3.63) is 135 Å². The molecule has 0 nitrogen and oxygen atoms in total. The van der Waals surface area contributed by atoms with Gasteiger partial charge in [-0.25, -0.2) is 0 Å². The predicted molar refractivity (Wildman–Crippen MR) is 171 cm³/mol. The second-order valence-electron chi connectivity index (χ2n) is 13.4. The molecule has 0 fully saturated rings. The van der Waals surface area contributed by atoms with Crippen LogP contribution in [0.3, 0.4) is 0 Å². The quantitative estimate of drug-likeness (QED) is 0.181. The molecule has 0 N–H and O–H groups in total. The van der Waals surface area contributed by atoms with Gasteiger partial charge in [-0.2, -0.15) is 0 Å². The van der Waals surface area contributed by atoms with E-state index in [0.29, 0.717) is 0 Å². The summed E-state index contributed by atoms with van der Waals surface area (Å²) in [6.45, 7) is 14.3. The van der Waals surface area contributed by atoms with Gasteiger partial charge in [0.2, 0.25) is 0 Å². The summed E-state index contributed by atoms with van der Waals surface area (Å²) in [5.41, 5.74) is 8.38. The van der Waals surface area contributed by atoms with E-state index < -0.39 is 25.8 Å². The van der Waals surface area contributed by atoms with Gasteiger partial charge in [-0.3, -0.25) is 0 Å². The molecule has 200 valence electrons. The predicted octanol–water partition coefficient (Wildman–Crippen LogP) is 7.75. The van der Waals surface area contributed by atoms with Crippen LogP contribution >= 0.6 is 0 Å². The van der Waals surface area contributed by atoms with Gasteiger partial charge in [0, 0.05) is 0 Å². The Labute approximate surface area is 249 Å². The first-order chi connectivity index (χ1) is 19.1. The van der Waals surface area contributed by atoms with E-state index in [1.54, 1.807) is 28.1 Å². The van der Waals surface area contributed by atoms with Gasteiger partial charge in [-0.15, -0.1) is 0 Å². The van der Waals surface area contributed by atoms with Crippen LogP contribution in [0.25, 0.3) is 11.1 Å². The number of benzene rings is 4. The third-order valence-corrected chi connectivity index (χ3v) is 27.2. The van der Waals surface area contributed by atoms with Crippen molar-refractivity contribution in [2.24, 2.45) is 0 Å². The van der Waals surface area contributed by atoms with E-state index in [2.05, 4.69) is 151 Å². The fourth-order valence-corrected chi connectivity index (χ4v) is 27.9. The molecule has 0 atom stereocenters. The number of hydrogen-bond donors (Lipinski definition) is 0. The fourth-order valence-electron chi connectivity index (χ4n) is 6.40. The average molecular weight is 616 g/mol. The molecule has 0 aromatic heterocycles. The summed E-state index contributed by atoms with van der Waals surface area (Å²) in [5, 5.41) is 3.15. The zero-order valence-electron chi connectivity index (χ0n) is 24.8. The van der Waals surface area contributed by atoms with E-state index in [-0.39, 0.29) is 10.8 Å². The molecule has 0 bridgehead atoms. The summed E-state index contributed by atoms with van der Waals surface area (Å²) in [4.78, 5) is 0. The van der Waals surface area contributed by atoms with Crippen molar-refractivity contribution in [2.75, 3.05) is 0 Å². The molecule has 4 aromatic carbocycles. The Balaban J connectivity index is 1.72. The molecule has 40 heavy (non-hydrogen) atoms. The molecular weight excluding hydrogens is 576 g/mol. The van der Waals surface area contributed by atoms with Gasteiger partial charge in [0.1, 0.15) is 0 Å². The van der Waals surface area contributed by atoms with Crippen LogP contribution in [0.5, 0.6) is 0 Å². The molecule has 0 aliphatic heterocycles. The Morgan fingerprint density at radius 2 is 1.30 bits per heavy atom. The summed E-state index contributed by atoms with van der Waals surface area (Å²) in [5.74, 6) is 0. The summed E-state index contributed by atoms with van der Waals surface area (Å²) >= 11 is -2.52. The van der Waals surface area contributed by atoms with E-state index in [0.717, 1.165) is 12.8 Å². The molecule has 0 amide bonds. The minimum absolute atomic E-state index is 0.0917. The molecule has 0 radical (unpaired) electrons. The molecule has 0 saturated heterocycles. The Hall–Kier alpha value is -2.54. The summed E-state index contributed by atoms with van der Waals surface area (Å²) < 4.78 is 3.55. The first-order valence-corrected chi connectivity index (χ1v) is 22.3. The van der Waals surface area contributed by atoms with Gasteiger partial charge in [0.15, 0.2) is 0 Å². The van der Waals surface area contributed by atoms with Crippen LogP contribution in [0.15, 0.2) is 113 Å². The zero-order valence-corrected chi connectivity index (χ0v) is 28.3. The van der Waals surface area contributed by atoms with E-state index >= 15 is 0 Å². The van der Waals surface area contributed by atoms with Crippen LogP contribution in [0, 0.1) is 0 Å². The van der Waals surface area contributed by atoms with Crippen LogP contribution < -0.4 is 13.6 Å². The monoisotopic (exact) mass is 614 g/mol. The molecule has 0 spiro atoms. The third kappa shape index (κ3) is 5.15. The van der Waals surface area contributed by atoms with Gasteiger partial charge < -0.3 is 0 Å². The van der Waals surface area contributed by atoms with Gasteiger partial charge in [-0.1, -0.05) is 0 Å². The van der Waals surface area contributed by atoms with Crippen molar-refractivity contribution in [3.63, 3.8) is 0 Å². The van der Waals surface area contributed by atoms with Crippen molar-refractivity contribution < 1.29 is 20.4 Å². The second-order valence-corrected chi connectivity index (χ2v) is 26.6. The van der Waals surface area contributed by atoms with Crippen molar-refractivity contribution >= 4 is 19.1 Å². The number of rotatable bonds is 4. The zero-order chi connectivity index (χ0) is 28.1. The first-order valence-electron chi connectivity index (χ1n) is 14.6. The SMILES string of the molecule is CC(C)(C)c1ccc2c(c1)Cc1c-2ccc(C(C)(C)C)[c]1[Zr]([C]1=CC=CC1)=[Si](c1ccccc1)c1ccccc1. The molecule has 0 saturated carbocycles. The molecule has 6 rings (SSSR count). The van der Waals surface area contributed by atoms with Crippen molar-refractivity contribution in [1.82, 2.24) is 0 Å². The molecule has 2 aliphatic rings. The van der Waals surface area contributed by atoms with E-state index in [1.807, 2.05) is 0 Å². The Bertz CT molecular complexity index is 1630. The fraction of sp³-hybridized carbons (Fsp3) is 0.263. The van der Waals surface area contributed by atoms with Crippen molar-refractivity contribution in [1.29, 1.82) is 0 Å². The molecule has 4 aromatic rings.